The molecule has 0 spiro atoms. The van der Waals surface area contributed by atoms with E-state index in [2.05, 4.69) is 15.2 Å². The van der Waals surface area contributed by atoms with Gasteiger partial charge in [-0.1, -0.05) is 41.4 Å². The molecule has 0 saturated carbocycles. The number of carbonyl (C=O) groups is 1. The second kappa shape index (κ2) is 9.04. The number of anilines is 1. The van der Waals surface area contributed by atoms with Crippen LogP contribution in [0.4, 0.5) is 5.69 Å². The van der Waals surface area contributed by atoms with Crippen LogP contribution >= 0.6 is 23.2 Å². The van der Waals surface area contributed by atoms with Crippen LogP contribution in [0.2, 0.25) is 10.0 Å². The van der Waals surface area contributed by atoms with Gasteiger partial charge in [0.05, 0.1) is 4.90 Å². The van der Waals surface area contributed by atoms with Crippen LogP contribution in [0.25, 0.3) is 11.0 Å². The second-order valence-electron chi connectivity index (χ2n) is 6.62. The van der Waals surface area contributed by atoms with Gasteiger partial charge in [-0.2, -0.15) is 13.2 Å². The molecule has 0 fully saturated rings. The van der Waals surface area contributed by atoms with E-state index in [0.717, 1.165) is 0 Å². The van der Waals surface area contributed by atoms with E-state index in [-0.39, 0.29) is 16.0 Å². The third-order valence-electron chi connectivity index (χ3n) is 4.39. The highest BCUT2D eigenvalue weighted by Crippen LogP contribution is 2.17. The van der Waals surface area contributed by atoms with Crippen molar-refractivity contribution in [1.82, 2.24) is 4.83 Å². The molecule has 0 atom stereocenters. The highest BCUT2D eigenvalue weighted by molar-refractivity contribution is 7.89. The number of halogens is 2. The summed E-state index contributed by atoms with van der Waals surface area (Å²) in [6.45, 7) is 0. The Morgan fingerprint density at radius 1 is 0.875 bits per heavy atom. The van der Waals surface area contributed by atoms with Crippen LogP contribution in [0.3, 0.4) is 0 Å². The largest absolute Gasteiger partial charge is 0.436 e. The molecular weight excluding hydrogens is 473 g/mol. The van der Waals surface area contributed by atoms with Crippen molar-refractivity contribution in [2.24, 2.45) is 5.10 Å². The molecule has 4 aromatic rings. The standard InChI is InChI=1S/C22H15Cl2N3O4S/c23-15-5-9-17(10-6-15)25-21(28)19-13-14-3-1-2-4-20(14)31-22(19)26-27-32(29,30)18-11-7-16(24)8-12-18/h1-13,27H,(H,25,28)/b26-22-. The molecule has 0 aliphatic rings. The highest BCUT2D eigenvalue weighted by Gasteiger charge is 2.16. The number of sulfonamides is 1. The van der Waals surface area contributed by atoms with Gasteiger partial charge in [-0.05, 0) is 60.7 Å². The summed E-state index contributed by atoms with van der Waals surface area (Å²) in [5.41, 5.74) is 0.769. The van der Waals surface area contributed by atoms with Gasteiger partial charge < -0.3 is 9.73 Å². The molecule has 1 heterocycles. The molecule has 4 rings (SSSR count). The van der Waals surface area contributed by atoms with E-state index < -0.39 is 15.9 Å². The van der Waals surface area contributed by atoms with Crippen molar-refractivity contribution < 1.29 is 17.6 Å². The van der Waals surface area contributed by atoms with Crippen LogP contribution in [0.15, 0.2) is 93.3 Å². The molecule has 0 bridgehead atoms. The van der Waals surface area contributed by atoms with E-state index in [4.69, 9.17) is 27.6 Å². The fourth-order valence-corrected chi connectivity index (χ4v) is 3.87. The lowest BCUT2D eigenvalue weighted by atomic mass is 10.1. The Morgan fingerprint density at radius 3 is 2.19 bits per heavy atom. The van der Waals surface area contributed by atoms with Crippen molar-refractivity contribution in [3.63, 3.8) is 0 Å². The van der Waals surface area contributed by atoms with E-state index >= 15 is 0 Å². The van der Waals surface area contributed by atoms with Gasteiger partial charge in [0.1, 0.15) is 11.1 Å². The normalized spacial score (nSPS) is 12.0. The lowest BCUT2D eigenvalue weighted by Crippen LogP contribution is -2.27. The van der Waals surface area contributed by atoms with Crippen molar-refractivity contribution in [3.05, 3.63) is 100 Å². The number of fused-ring (bicyclic) bond motifs is 1. The molecule has 0 aliphatic carbocycles. The fourth-order valence-electron chi connectivity index (χ4n) is 2.81. The zero-order valence-electron chi connectivity index (χ0n) is 16.2. The van der Waals surface area contributed by atoms with Gasteiger partial charge in [0.15, 0.2) is 0 Å². The van der Waals surface area contributed by atoms with Gasteiger partial charge in [0, 0.05) is 21.1 Å². The zero-order valence-corrected chi connectivity index (χ0v) is 18.6. The summed E-state index contributed by atoms with van der Waals surface area (Å²) in [4.78, 5) is 15.0. The molecule has 32 heavy (non-hydrogen) atoms. The van der Waals surface area contributed by atoms with Gasteiger partial charge in [-0.15, -0.1) is 5.10 Å². The first kappa shape index (κ1) is 21.9. The van der Waals surface area contributed by atoms with Crippen molar-refractivity contribution >= 4 is 55.8 Å². The van der Waals surface area contributed by atoms with Crippen LogP contribution in [-0.4, -0.2) is 14.3 Å². The number of nitrogens with zero attached hydrogens (tertiary/aromatic N) is 1. The Morgan fingerprint density at radius 2 is 1.50 bits per heavy atom. The molecule has 10 heteroatoms. The second-order valence-corrected chi connectivity index (χ2v) is 9.16. The Kier molecular flexibility index (Phi) is 6.18. The molecule has 0 saturated heterocycles. The lowest BCUT2D eigenvalue weighted by Gasteiger charge is -2.08. The average Bonchev–Trinajstić information content (AvgIpc) is 2.79. The molecule has 2 N–H and O–H groups in total. The molecular formula is C22H15Cl2N3O4S. The third kappa shape index (κ3) is 4.94. The molecule has 0 aliphatic heterocycles. The summed E-state index contributed by atoms with van der Waals surface area (Å²) in [5, 5.41) is 8.17. The Bertz CT molecular complexity index is 1470. The first-order chi connectivity index (χ1) is 15.3. The van der Waals surface area contributed by atoms with Crippen LogP contribution in [0, 0.1) is 0 Å². The summed E-state index contributed by atoms with van der Waals surface area (Å²) in [6.07, 6.45) is 0. The topological polar surface area (TPSA) is 101 Å². The monoisotopic (exact) mass is 487 g/mol. The average molecular weight is 488 g/mol. The minimum absolute atomic E-state index is 0.0393. The predicted octanol–water partition coefficient (Wildman–Crippen LogP) is 4.79. The lowest BCUT2D eigenvalue weighted by molar-refractivity contribution is 0.102. The summed E-state index contributed by atoms with van der Waals surface area (Å²) in [6, 6.07) is 20.7. The van der Waals surface area contributed by atoms with E-state index in [1.807, 2.05) is 0 Å². The smallest absolute Gasteiger partial charge is 0.276 e. The molecule has 1 amide bonds. The van der Waals surface area contributed by atoms with Crippen molar-refractivity contribution in [2.45, 2.75) is 4.90 Å². The Labute approximate surface area is 193 Å². The summed E-state index contributed by atoms with van der Waals surface area (Å²) >= 11 is 11.7. The summed E-state index contributed by atoms with van der Waals surface area (Å²) in [5.74, 6) is -0.536. The number of benzene rings is 3. The van der Waals surface area contributed by atoms with E-state index in [9.17, 15) is 13.2 Å². The Balaban J connectivity index is 1.74. The minimum atomic E-state index is -4.02. The number of nitrogens with one attached hydrogen (secondary N) is 2. The summed E-state index contributed by atoms with van der Waals surface area (Å²) in [7, 11) is -4.02. The minimum Gasteiger partial charge on any atom is -0.436 e. The first-order valence-corrected chi connectivity index (χ1v) is 11.5. The van der Waals surface area contributed by atoms with E-state index in [1.165, 1.54) is 24.3 Å². The van der Waals surface area contributed by atoms with Crippen LogP contribution in [0.5, 0.6) is 0 Å². The van der Waals surface area contributed by atoms with Crippen LogP contribution < -0.4 is 15.7 Å². The van der Waals surface area contributed by atoms with Gasteiger partial charge >= 0.3 is 0 Å². The third-order valence-corrected chi connectivity index (χ3v) is 6.12. The molecule has 1 aromatic heterocycles. The number of rotatable bonds is 5. The molecule has 0 unspecified atom stereocenters. The van der Waals surface area contributed by atoms with Gasteiger partial charge in [0.25, 0.3) is 15.9 Å². The van der Waals surface area contributed by atoms with Crippen LogP contribution in [0.1, 0.15) is 10.4 Å². The zero-order chi connectivity index (χ0) is 22.7. The number of hydrogen-bond acceptors (Lipinski definition) is 5. The van der Waals surface area contributed by atoms with Gasteiger partial charge in [-0.25, -0.2) is 0 Å². The van der Waals surface area contributed by atoms with Gasteiger partial charge in [0.2, 0.25) is 5.55 Å². The first-order valence-electron chi connectivity index (χ1n) is 9.23. The SMILES string of the molecule is O=C(Nc1ccc(Cl)cc1)c1cc2ccccc2o/c1=N\NS(=O)(=O)c1ccc(Cl)cc1. The maximum Gasteiger partial charge on any atom is 0.276 e. The molecule has 3 aromatic carbocycles. The van der Waals surface area contributed by atoms with Crippen molar-refractivity contribution in [2.75, 3.05) is 5.32 Å². The summed E-state index contributed by atoms with van der Waals surface area (Å²) < 4.78 is 30.9. The number of carbonyl (C=O) groups excluding carboxylic acids is 1. The number of para-hydroxylation sites is 1. The quantitative estimate of drug-likeness (QED) is 0.395. The van der Waals surface area contributed by atoms with Crippen LogP contribution in [-0.2, 0) is 10.0 Å². The number of hydrogen-bond donors (Lipinski definition) is 2. The molecule has 0 radical (unpaired) electrons. The predicted molar refractivity (Wildman–Crippen MR) is 123 cm³/mol. The number of amides is 1. The molecule has 162 valence electrons. The fraction of sp³-hybridized carbons (Fsp3) is 0. The highest BCUT2D eigenvalue weighted by atomic mass is 35.5. The van der Waals surface area contributed by atoms with Crippen molar-refractivity contribution in [3.8, 4) is 0 Å². The molecule has 7 nitrogen and oxygen atoms in total. The van der Waals surface area contributed by atoms with Crippen molar-refractivity contribution in [1.29, 1.82) is 0 Å². The van der Waals surface area contributed by atoms with E-state index in [0.29, 0.717) is 26.7 Å². The maximum atomic E-state index is 12.9. The maximum absolute atomic E-state index is 12.9. The Hall–Kier alpha value is -3.33. The van der Waals surface area contributed by atoms with E-state index in [1.54, 1.807) is 54.6 Å². The van der Waals surface area contributed by atoms with Gasteiger partial charge in [-0.3, -0.25) is 4.79 Å².